The molecule has 0 aromatic heterocycles. The average Bonchev–Trinajstić information content (AvgIpc) is 2.60. The maximum absolute atomic E-state index is 12.3. The molecule has 0 saturated carbocycles. The third-order valence-electron chi connectivity index (χ3n) is 4.21. The predicted octanol–water partition coefficient (Wildman–Crippen LogP) is 1.94. The topological polar surface area (TPSA) is 52.7 Å². The highest BCUT2D eigenvalue weighted by atomic mass is 35.5. The molecule has 1 aliphatic heterocycles. The maximum Gasteiger partial charge on any atom is 0.234 e. The van der Waals surface area contributed by atoms with Gasteiger partial charge in [-0.05, 0) is 30.5 Å². The lowest BCUT2D eigenvalue weighted by Gasteiger charge is -2.34. The first kappa shape index (κ1) is 18.7. The molecule has 132 valence electrons. The van der Waals surface area contributed by atoms with Gasteiger partial charge in [0.15, 0.2) is 0 Å². The van der Waals surface area contributed by atoms with Gasteiger partial charge in [0.1, 0.15) is 0 Å². The Morgan fingerprint density at radius 2 is 1.79 bits per heavy atom. The molecule has 0 bridgehead atoms. The zero-order valence-electron chi connectivity index (χ0n) is 14.3. The molecule has 1 aromatic rings. The van der Waals surface area contributed by atoms with Gasteiger partial charge in [-0.15, -0.1) is 0 Å². The van der Waals surface area contributed by atoms with E-state index in [9.17, 15) is 9.59 Å². The third kappa shape index (κ3) is 6.13. The van der Waals surface area contributed by atoms with Crippen LogP contribution in [0.3, 0.4) is 0 Å². The number of nitrogens with one attached hydrogen (secondary N) is 1. The highest BCUT2D eigenvalue weighted by Gasteiger charge is 2.21. The van der Waals surface area contributed by atoms with Gasteiger partial charge in [0.25, 0.3) is 0 Å². The molecular weight excluding hydrogens is 326 g/mol. The highest BCUT2D eigenvalue weighted by Crippen LogP contribution is 2.12. The monoisotopic (exact) mass is 351 g/mol. The number of carbonyl (C=O) groups is 2. The van der Waals surface area contributed by atoms with E-state index in [0.29, 0.717) is 31.1 Å². The zero-order valence-corrected chi connectivity index (χ0v) is 15.0. The Hall–Kier alpha value is -1.59. The number of piperazine rings is 1. The van der Waals surface area contributed by atoms with Crippen LogP contribution in [0, 0.1) is 0 Å². The second kappa shape index (κ2) is 9.64. The fraction of sp³-hybridized carbons (Fsp3) is 0.556. The third-order valence-corrected chi connectivity index (χ3v) is 4.46. The van der Waals surface area contributed by atoms with Crippen molar-refractivity contribution in [2.24, 2.45) is 0 Å². The summed E-state index contributed by atoms with van der Waals surface area (Å²) in [5.41, 5.74) is 1.12. The fourth-order valence-electron chi connectivity index (χ4n) is 2.74. The van der Waals surface area contributed by atoms with E-state index in [-0.39, 0.29) is 11.8 Å². The lowest BCUT2D eigenvalue weighted by Crippen LogP contribution is -2.51. The number of amides is 2. The van der Waals surface area contributed by atoms with Crippen LogP contribution in [0.25, 0.3) is 0 Å². The van der Waals surface area contributed by atoms with Crippen molar-refractivity contribution in [2.45, 2.75) is 26.2 Å². The molecule has 1 saturated heterocycles. The second-order valence-corrected chi connectivity index (χ2v) is 6.57. The number of hydrogen-bond donors (Lipinski definition) is 1. The number of hydrogen-bond acceptors (Lipinski definition) is 3. The van der Waals surface area contributed by atoms with Crippen molar-refractivity contribution in [3.05, 3.63) is 34.9 Å². The molecule has 0 aliphatic carbocycles. The molecule has 24 heavy (non-hydrogen) atoms. The molecule has 6 heteroatoms. The molecule has 0 spiro atoms. The van der Waals surface area contributed by atoms with Crippen molar-refractivity contribution in [2.75, 3.05) is 39.3 Å². The summed E-state index contributed by atoms with van der Waals surface area (Å²) in [4.78, 5) is 28.0. The molecule has 1 fully saturated rings. The molecule has 1 aromatic carbocycles. The smallest absolute Gasteiger partial charge is 0.234 e. The Morgan fingerprint density at radius 3 is 2.42 bits per heavy atom. The van der Waals surface area contributed by atoms with Crippen LogP contribution in [-0.2, 0) is 16.0 Å². The molecular formula is C18H26ClN3O2. The Kier molecular flexibility index (Phi) is 7.53. The Labute approximate surface area is 149 Å². The van der Waals surface area contributed by atoms with E-state index in [4.69, 9.17) is 11.6 Å². The number of benzene rings is 1. The molecule has 1 heterocycles. The zero-order chi connectivity index (χ0) is 17.4. The lowest BCUT2D eigenvalue weighted by atomic mass is 10.1. The summed E-state index contributed by atoms with van der Waals surface area (Å²) in [7, 11) is 0. The van der Waals surface area contributed by atoms with Gasteiger partial charge >= 0.3 is 0 Å². The first-order chi connectivity index (χ1) is 11.6. The van der Waals surface area contributed by atoms with Crippen LogP contribution in [0.2, 0.25) is 5.02 Å². The number of rotatable bonds is 7. The largest absolute Gasteiger partial charge is 0.355 e. The molecule has 2 amide bonds. The minimum atomic E-state index is 0.0689. The van der Waals surface area contributed by atoms with Gasteiger partial charge in [0, 0.05) is 44.2 Å². The Bertz CT molecular complexity index is 540. The summed E-state index contributed by atoms with van der Waals surface area (Å²) < 4.78 is 0. The minimum Gasteiger partial charge on any atom is -0.355 e. The van der Waals surface area contributed by atoms with E-state index < -0.39 is 0 Å². The predicted molar refractivity (Wildman–Crippen MR) is 96.1 cm³/mol. The number of nitrogens with zero attached hydrogens (tertiary/aromatic N) is 2. The summed E-state index contributed by atoms with van der Waals surface area (Å²) in [6.07, 6.45) is 2.19. The van der Waals surface area contributed by atoms with Gasteiger partial charge in [-0.25, -0.2) is 0 Å². The maximum atomic E-state index is 12.3. The van der Waals surface area contributed by atoms with E-state index in [1.165, 1.54) is 0 Å². The summed E-state index contributed by atoms with van der Waals surface area (Å²) in [5.74, 6) is 0.249. The van der Waals surface area contributed by atoms with Crippen LogP contribution >= 0.6 is 11.6 Å². The molecule has 0 atom stereocenters. The van der Waals surface area contributed by atoms with E-state index in [1.54, 1.807) is 0 Å². The highest BCUT2D eigenvalue weighted by molar-refractivity contribution is 6.30. The average molecular weight is 352 g/mol. The first-order valence-corrected chi connectivity index (χ1v) is 8.97. The molecule has 2 rings (SSSR count). The van der Waals surface area contributed by atoms with Crippen LogP contribution in [0.1, 0.15) is 25.3 Å². The van der Waals surface area contributed by atoms with Gasteiger partial charge in [0.05, 0.1) is 6.54 Å². The van der Waals surface area contributed by atoms with E-state index in [2.05, 4.69) is 10.2 Å². The number of aryl methyl sites for hydroxylation is 1. The molecule has 0 radical (unpaired) electrons. The normalized spacial score (nSPS) is 15.3. The molecule has 0 unspecified atom stereocenters. The Balaban J connectivity index is 1.68. The first-order valence-electron chi connectivity index (χ1n) is 8.59. The standard InChI is InChI=1S/C18H26ClN3O2/c1-2-9-20-17(23)14-21-10-12-22(13-11-21)18(24)8-5-15-3-6-16(19)7-4-15/h3-4,6-7H,2,5,8-14H2,1H3,(H,20,23). The quantitative estimate of drug-likeness (QED) is 0.816. The SMILES string of the molecule is CCCNC(=O)CN1CCN(C(=O)CCc2ccc(Cl)cc2)CC1. The van der Waals surface area contributed by atoms with Gasteiger partial charge in [-0.3, -0.25) is 14.5 Å². The molecule has 1 aliphatic rings. The van der Waals surface area contributed by atoms with Crippen molar-refractivity contribution in [1.82, 2.24) is 15.1 Å². The van der Waals surface area contributed by atoms with Crippen molar-refractivity contribution in [3.8, 4) is 0 Å². The van der Waals surface area contributed by atoms with Crippen LogP contribution in [-0.4, -0.2) is 60.9 Å². The van der Waals surface area contributed by atoms with Crippen LogP contribution < -0.4 is 5.32 Å². The summed E-state index contributed by atoms with van der Waals surface area (Å²) >= 11 is 5.87. The van der Waals surface area contributed by atoms with Crippen molar-refractivity contribution < 1.29 is 9.59 Å². The van der Waals surface area contributed by atoms with Crippen LogP contribution in [0.15, 0.2) is 24.3 Å². The number of halogens is 1. The van der Waals surface area contributed by atoms with Crippen LogP contribution in [0.5, 0.6) is 0 Å². The van der Waals surface area contributed by atoms with Gasteiger partial charge in [0.2, 0.25) is 11.8 Å². The van der Waals surface area contributed by atoms with Gasteiger partial charge in [-0.1, -0.05) is 30.7 Å². The minimum absolute atomic E-state index is 0.0689. The van der Waals surface area contributed by atoms with E-state index in [1.807, 2.05) is 36.1 Å². The molecule has 1 N–H and O–H groups in total. The lowest BCUT2D eigenvalue weighted by molar-refractivity contribution is -0.133. The van der Waals surface area contributed by atoms with Crippen molar-refractivity contribution >= 4 is 23.4 Å². The molecule has 5 nitrogen and oxygen atoms in total. The summed E-state index contributed by atoms with van der Waals surface area (Å²) in [5, 5.41) is 3.60. The second-order valence-electron chi connectivity index (χ2n) is 6.13. The van der Waals surface area contributed by atoms with Gasteiger partial charge < -0.3 is 10.2 Å². The van der Waals surface area contributed by atoms with Crippen molar-refractivity contribution in [3.63, 3.8) is 0 Å². The van der Waals surface area contributed by atoms with Crippen molar-refractivity contribution in [1.29, 1.82) is 0 Å². The number of carbonyl (C=O) groups excluding carboxylic acids is 2. The van der Waals surface area contributed by atoms with Crippen LogP contribution in [0.4, 0.5) is 0 Å². The van der Waals surface area contributed by atoms with E-state index >= 15 is 0 Å². The van der Waals surface area contributed by atoms with E-state index in [0.717, 1.165) is 38.0 Å². The fourth-order valence-corrected chi connectivity index (χ4v) is 2.87. The Morgan fingerprint density at radius 1 is 1.12 bits per heavy atom. The van der Waals surface area contributed by atoms with Gasteiger partial charge in [-0.2, -0.15) is 0 Å². The summed E-state index contributed by atoms with van der Waals surface area (Å²) in [6, 6.07) is 7.62. The summed E-state index contributed by atoms with van der Waals surface area (Å²) in [6.45, 7) is 6.09.